The minimum Gasteiger partial charge on any atom is -0.321 e. The van der Waals surface area contributed by atoms with Gasteiger partial charge < -0.3 is 5.73 Å². The van der Waals surface area contributed by atoms with E-state index in [0.717, 1.165) is 31.2 Å². The highest BCUT2D eigenvalue weighted by Crippen LogP contribution is 2.44. The molecule has 0 aliphatic heterocycles. The molecule has 1 fully saturated rings. The summed E-state index contributed by atoms with van der Waals surface area (Å²) in [6.07, 6.45) is 4.34. The molecule has 0 spiro atoms. The van der Waals surface area contributed by atoms with Gasteiger partial charge in [0, 0.05) is 5.54 Å². The SMILES string of the molecule is CC1(C)CCC(N)(c2ccc(Cl)c(Cl)c2)CC1. The molecule has 3 heteroatoms. The van der Waals surface area contributed by atoms with E-state index >= 15 is 0 Å². The van der Waals surface area contributed by atoms with Crippen molar-refractivity contribution in [3.8, 4) is 0 Å². The molecule has 2 rings (SSSR count). The van der Waals surface area contributed by atoms with Crippen LogP contribution in [0.3, 0.4) is 0 Å². The van der Waals surface area contributed by atoms with Gasteiger partial charge in [0.05, 0.1) is 10.0 Å². The number of hydrogen-bond donors (Lipinski definition) is 1. The molecule has 94 valence electrons. The Morgan fingerprint density at radius 2 is 1.59 bits per heavy atom. The fraction of sp³-hybridized carbons (Fsp3) is 0.571. The normalized spacial score (nSPS) is 22.4. The minimum absolute atomic E-state index is 0.232. The molecule has 1 aliphatic carbocycles. The van der Waals surface area contributed by atoms with Crippen LogP contribution in [-0.2, 0) is 5.54 Å². The molecule has 1 aromatic rings. The predicted molar refractivity (Wildman–Crippen MR) is 74.6 cm³/mol. The highest BCUT2D eigenvalue weighted by atomic mass is 35.5. The first kappa shape index (κ1) is 13.2. The molecule has 1 saturated carbocycles. The summed E-state index contributed by atoms with van der Waals surface area (Å²) in [6, 6.07) is 5.77. The largest absolute Gasteiger partial charge is 0.321 e. The Balaban J connectivity index is 2.24. The van der Waals surface area contributed by atoms with Crippen LogP contribution >= 0.6 is 23.2 Å². The van der Waals surface area contributed by atoms with Gasteiger partial charge in [-0.1, -0.05) is 43.1 Å². The van der Waals surface area contributed by atoms with E-state index in [-0.39, 0.29) is 5.54 Å². The number of benzene rings is 1. The molecule has 0 bridgehead atoms. The maximum absolute atomic E-state index is 6.52. The molecular formula is C14H19Cl2N. The summed E-state index contributed by atoms with van der Waals surface area (Å²) < 4.78 is 0. The summed E-state index contributed by atoms with van der Waals surface area (Å²) in [4.78, 5) is 0. The maximum Gasteiger partial charge on any atom is 0.0595 e. The van der Waals surface area contributed by atoms with E-state index in [4.69, 9.17) is 28.9 Å². The second kappa shape index (κ2) is 4.46. The van der Waals surface area contributed by atoms with Crippen molar-refractivity contribution in [3.05, 3.63) is 33.8 Å². The van der Waals surface area contributed by atoms with Crippen LogP contribution in [0.2, 0.25) is 10.0 Å². The van der Waals surface area contributed by atoms with Crippen molar-refractivity contribution in [1.29, 1.82) is 0 Å². The van der Waals surface area contributed by atoms with Gasteiger partial charge in [-0.05, 0) is 48.8 Å². The lowest BCUT2D eigenvalue weighted by Crippen LogP contribution is -2.42. The zero-order valence-electron chi connectivity index (χ0n) is 10.4. The summed E-state index contributed by atoms with van der Waals surface area (Å²) in [5.74, 6) is 0. The number of nitrogens with two attached hydrogens (primary N) is 1. The van der Waals surface area contributed by atoms with Crippen LogP contribution in [-0.4, -0.2) is 0 Å². The van der Waals surface area contributed by atoms with Gasteiger partial charge >= 0.3 is 0 Å². The molecule has 0 aromatic heterocycles. The maximum atomic E-state index is 6.52. The van der Waals surface area contributed by atoms with E-state index in [9.17, 15) is 0 Å². The van der Waals surface area contributed by atoms with E-state index in [1.54, 1.807) is 0 Å². The summed E-state index contributed by atoms with van der Waals surface area (Å²) in [5.41, 5.74) is 7.82. The molecule has 1 nitrogen and oxygen atoms in total. The Kier molecular flexibility index (Phi) is 3.46. The highest BCUT2D eigenvalue weighted by Gasteiger charge is 2.36. The molecule has 0 heterocycles. The molecule has 0 amide bonds. The van der Waals surface area contributed by atoms with Gasteiger partial charge in [0.25, 0.3) is 0 Å². The van der Waals surface area contributed by atoms with Crippen LogP contribution in [0.15, 0.2) is 18.2 Å². The average Bonchev–Trinajstić information content (AvgIpc) is 2.27. The number of halogens is 2. The molecule has 0 saturated heterocycles. The van der Waals surface area contributed by atoms with E-state index < -0.39 is 0 Å². The first-order valence-corrected chi connectivity index (χ1v) is 6.82. The van der Waals surface area contributed by atoms with E-state index in [1.807, 2.05) is 18.2 Å². The van der Waals surface area contributed by atoms with Gasteiger partial charge in [-0.15, -0.1) is 0 Å². The topological polar surface area (TPSA) is 26.0 Å². The number of rotatable bonds is 1. The van der Waals surface area contributed by atoms with E-state index in [0.29, 0.717) is 15.5 Å². The minimum atomic E-state index is -0.232. The summed E-state index contributed by atoms with van der Waals surface area (Å²) in [7, 11) is 0. The van der Waals surface area contributed by atoms with Gasteiger partial charge in [0.15, 0.2) is 0 Å². The third-order valence-corrected chi connectivity index (χ3v) is 4.73. The average molecular weight is 272 g/mol. The third kappa shape index (κ3) is 2.78. The Bertz CT molecular complexity index is 416. The van der Waals surface area contributed by atoms with E-state index in [1.165, 1.54) is 0 Å². The van der Waals surface area contributed by atoms with Crippen LogP contribution < -0.4 is 5.73 Å². The van der Waals surface area contributed by atoms with Gasteiger partial charge in [0.2, 0.25) is 0 Å². The molecule has 17 heavy (non-hydrogen) atoms. The van der Waals surface area contributed by atoms with Crippen LogP contribution in [0.25, 0.3) is 0 Å². The summed E-state index contributed by atoms with van der Waals surface area (Å²) in [6.45, 7) is 4.61. The summed E-state index contributed by atoms with van der Waals surface area (Å²) in [5, 5.41) is 1.19. The summed E-state index contributed by atoms with van der Waals surface area (Å²) >= 11 is 12.0. The fourth-order valence-electron chi connectivity index (χ4n) is 2.47. The molecule has 1 aliphatic rings. The van der Waals surface area contributed by atoms with Gasteiger partial charge in [-0.3, -0.25) is 0 Å². The van der Waals surface area contributed by atoms with Crippen LogP contribution in [0.1, 0.15) is 45.1 Å². The fourth-order valence-corrected chi connectivity index (χ4v) is 2.77. The van der Waals surface area contributed by atoms with E-state index in [2.05, 4.69) is 13.8 Å². The smallest absolute Gasteiger partial charge is 0.0595 e. The molecule has 0 unspecified atom stereocenters. The zero-order chi connectivity index (χ0) is 12.7. The Hall–Kier alpha value is -0.240. The lowest BCUT2D eigenvalue weighted by molar-refractivity contribution is 0.165. The molecule has 1 aromatic carbocycles. The van der Waals surface area contributed by atoms with Crippen molar-refractivity contribution < 1.29 is 0 Å². The Morgan fingerprint density at radius 1 is 1.00 bits per heavy atom. The third-order valence-electron chi connectivity index (χ3n) is 3.99. The monoisotopic (exact) mass is 271 g/mol. The van der Waals surface area contributed by atoms with Crippen molar-refractivity contribution in [3.63, 3.8) is 0 Å². The van der Waals surface area contributed by atoms with Crippen molar-refractivity contribution in [2.45, 2.75) is 45.1 Å². The second-order valence-corrected chi connectivity index (χ2v) is 6.76. The van der Waals surface area contributed by atoms with Crippen molar-refractivity contribution in [2.75, 3.05) is 0 Å². The lowest BCUT2D eigenvalue weighted by atomic mass is 9.67. The number of hydrogen-bond acceptors (Lipinski definition) is 1. The lowest BCUT2D eigenvalue weighted by Gasteiger charge is -2.41. The van der Waals surface area contributed by atoms with Crippen LogP contribution in [0.4, 0.5) is 0 Å². The molecule has 0 radical (unpaired) electrons. The van der Waals surface area contributed by atoms with Crippen molar-refractivity contribution in [1.82, 2.24) is 0 Å². The highest BCUT2D eigenvalue weighted by molar-refractivity contribution is 6.42. The zero-order valence-corrected chi connectivity index (χ0v) is 11.9. The molecular weight excluding hydrogens is 253 g/mol. The molecule has 2 N–H and O–H groups in total. The Morgan fingerprint density at radius 3 is 2.12 bits per heavy atom. The molecule has 0 atom stereocenters. The van der Waals surface area contributed by atoms with Gasteiger partial charge in [-0.25, -0.2) is 0 Å². The second-order valence-electron chi connectivity index (χ2n) is 5.95. The van der Waals surface area contributed by atoms with Crippen LogP contribution in [0, 0.1) is 5.41 Å². The first-order valence-electron chi connectivity index (χ1n) is 6.07. The Labute approximate surface area is 113 Å². The van der Waals surface area contributed by atoms with Crippen LogP contribution in [0.5, 0.6) is 0 Å². The van der Waals surface area contributed by atoms with Gasteiger partial charge in [0.1, 0.15) is 0 Å². The van der Waals surface area contributed by atoms with Crippen molar-refractivity contribution in [2.24, 2.45) is 11.1 Å². The first-order chi connectivity index (χ1) is 7.82. The standard InChI is InChI=1S/C14H19Cl2N/c1-13(2)5-7-14(17,8-6-13)10-3-4-11(15)12(16)9-10/h3-4,9H,5-8,17H2,1-2H3. The quantitative estimate of drug-likeness (QED) is 0.784. The van der Waals surface area contributed by atoms with Gasteiger partial charge in [-0.2, -0.15) is 0 Å². The van der Waals surface area contributed by atoms with Crippen molar-refractivity contribution >= 4 is 23.2 Å². The predicted octanol–water partition coefficient (Wildman–Crippen LogP) is 4.75.